The minimum atomic E-state index is -1.02. The summed E-state index contributed by atoms with van der Waals surface area (Å²) in [6, 6.07) is 7.55. The van der Waals surface area contributed by atoms with E-state index in [1.165, 1.54) is 0 Å². The summed E-state index contributed by atoms with van der Waals surface area (Å²) >= 11 is 0. The van der Waals surface area contributed by atoms with Crippen LogP contribution in [0.2, 0.25) is 0 Å². The van der Waals surface area contributed by atoms with Crippen LogP contribution in [-0.2, 0) is 0 Å². The van der Waals surface area contributed by atoms with Gasteiger partial charge in [0.2, 0.25) is 0 Å². The van der Waals surface area contributed by atoms with Crippen LogP contribution >= 0.6 is 0 Å². The highest BCUT2D eigenvalue weighted by molar-refractivity contribution is 6.02. The van der Waals surface area contributed by atoms with Gasteiger partial charge in [0.05, 0.1) is 11.2 Å². The maximum Gasteiger partial charge on any atom is 0.358 e. The third kappa shape index (κ3) is 2.01. The van der Waals surface area contributed by atoms with Gasteiger partial charge in [-0.1, -0.05) is 25.1 Å². The maximum absolute atomic E-state index is 11.4. The van der Waals surface area contributed by atoms with Crippen molar-refractivity contribution in [1.29, 1.82) is 0 Å². The monoisotopic (exact) mass is 257 g/mol. The highest BCUT2D eigenvalue weighted by Gasteiger charge is 2.26. The number of anilines is 1. The third-order valence-corrected chi connectivity index (χ3v) is 3.58. The van der Waals surface area contributed by atoms with Crippen molar-refractivity contribution < 1.29 is 9.90 Å². The van der Waals surface area contributed by atoms with Crippen molar-refractivity contribution in [1.82, 2.24) is 10.2 Å². The summed E-state index contributed by atoms with van der Waals surface area (Å²) in [6.45, 7) is 3.92. The minimum Gasteiger partial charge on any atom is -0.476 e. The topological polar surface area (TPSA) is 66.3 Å². The number of hydrogen-bond donors (Lipinski definition) is 1. The molecule has 2 heterocycles. The molecule has 1 aromatic heterocycles. The summed E-state index contributed by atoms with van der Waals surface area (Å²) in [5.74, 6) is -0.443. The molecule has 1 N–H and O–H groups in total. The van der Waals surface area contributed by atoms with Gasteiger partial charge in [-0.05, 0) is 18.4 Å². The van der Waals surface area contributed by atoms with Crippen molar-refractivity contribution in [2.45, 2.75) is 13.3 Å². The molecule has 0 amide bonds. The molecule has 1 aliphatic heterocycles. The zero-order chi connectivity index (χ0) is 13.4. The lowest BCUT2D eigenvalue weighted by atomic mass is 10.1. The summed E-state index contributed by atoms with van der Waals surface area (Å²) in [5, 5.41) is 18.1. The number of carbonyl (C=O) groups is 1. The van der Waals surface area contributed by atoms with Crippen molar-refractivity contribution in [3.63, 3.8) is 0 Å². The predicted molar refractivity (Wildman–Crippen MR) is 72.5 cm³/mol. The van der Waals surface area contributed by atoms with Gasteiger partial charge in [-0.3, -0.25) is 0 Å². The molecule has 5 heteroatoms. The average molecular weight is 257 g/mol. The van der Waals surface area contributed by atoms with E-state index in [-0.39, 0.29) is 5.69 Å². The Kier molecular flexibility index (Phi) is 2.81. The number of nitrogens with zero attached hydrogens (tertiary/aromatic N) is 3. The van der Waals surface area contributed by atoms with Crippen LogP contribution in [0.5, 0.6) is 0 Å². The summed E-state index contributed by atoms with van der Waals surface area (Å²) in [4.78, 5) is 13.5. The van der Waals surface area contributed by atoms with Crippen molar-refractivity contribution in [3.8, 4) is 0 Å². The van der Waals surface area contributed by atoms with Gasteiger partial charge in [0, 0.05) is 18.5 Å². The summed E-state index contributed by atoms with van der Waals surface area (Å²) in [7, 11) is 0. The highest BCUT2D eigenvalue weighted by Crippen LogP contribution is 2.32. The highest BCUT2D eigenvalue weighted by atomic mass is 16.4. The van der Waals surface area contributed by atoms with Gasteiger partial charge in [-0.2, -0.15) is 0 Å². The Hall–Kier alpha value is -2.17. The molecule has 1 aliphatic rings. The van der Waals surface area contributed by atoms with E-state index in [1.807, 2.05) is 24.3 Å². The third-order valence-electron chi connectivity index (χ3n) is 3.58. The number of carboxylic acids is 1. The second-order valence-corrected chi connectivity index (χ2v) is 5.06. The second kappa shape index (κ2) is 4.50. The van der Waals surface area contributed by atoms with Crippen LogP contribution in [-0.4, -0.2) is 34.4 Å². The van der Waals surface area contributed by atoms with Gasteiger partial charge in [0.15, 0.2) is 5.69 Å². The van der Waals surface area contributed by atoms with E-state index in [0.29, 0.717) is 11.6 Å². The largest absolute Gasteiger partial charge is 0.476 e. The molecule has 0 radical (unpaired) electrons. The molecule has 0 aliphatic carbocycles. The van der Waals surface area contributed by atoms with Gasteiger partial charge in [-0.15, -0.1) is 10.2 Å². The lowest BCUT2D eigenvalue weighted by Gasteiger charge is -2.21. The van der Waals surface area contributed by atoms with Crippen LogP contribution in [0.3, 0.4) is 0 Å². The second-order valence-electron chi connectivity index (χ2n) is 5.06. The van der Waals surface area contributed by atoms with Crippen LogP contribution < -0.4 is 4.90 Å². The number of rotatable bonds is 2. The number of hydrogen-bond acceptors (Lipinski definition) is 4. The number of fused-ring (bicyclic) bond motifs is 1. The zero-order valence-electron chi connectivity index (χ0n) is 10.7. The molecule has 2 aromatic rings. The van der Waals surface area contributed by atoms with Crippen molar-refractivity contribution in [2.75, 3.05) is 18.0 Å². The summed E-state index contributed by atoms with van der Waals surface area (Å²) in [5.41, 5.74) is 1.50. The van der Waals surface area contributed by atoms with Crippen LogP contribution in [0, 0.1) is 5.92 Å². The zero-order valence-corrected chi connectivity index (χ0v) is 10.7. The number of aromatic carboxylic acids is 1. The quantitative estimate of drug-likeness (QED) is 0.893. The Morgan fingerprint density at radius 1 is 1.37 bits per heavy atom. The molecular weight excluding hydrogens is 242 g/mol. The molecule has 5 nitrogen and oxygen atoms in total. The lowest BCUT2D eigenvalue weighted by molar-refractivity contribution is 0.0690. The standard InChI is InChI=1S/C14H15N3O2/c1-9-6-7-17(8-9)13-10-4-2-3-5-11(10)15-16-12(13)14(18)19/h2-5,9H,6-8H2,1H3,(H,18,19). The van der Waals surface area contributed by atoms with E-state index in [0.717, 1.165) is 30.4 Å². The smallest absolute Gasteiger partial charge is 0.358 e. The van der Waals surface area contributed by atoms with Crippen LogP contribution in [0.4, 0.5) is 5.69 Å². The number of carboxylic acid groups (broad SMARTS) is 1. The lowest BCUT2D eigenvalue weighted by Crippen LogP contribution is -2.23. The summed E-state index contributed by atoms with van der Waals surface area (Å²) in [6.07, 6.45) is 1.08. The fraction of sp³-hybridized carbons (Fsp3) is 0.357. The molecule has 98 valence electrons. The van der Waals surface area contributed by atoms with E-state index < -0.39 is 5.97 Å². The molecule has 1 atom stereocenters. The first kappa shape index (κ1) is 11.9. The molecule has 3 rings (SSSR count). The van der Waals surface area contributed by atoms with E-state index in [9.17, 15) is 9.90 Å². The molecule has 19 heavy (non-hydrogen) atoms. The van der Waals surface area contributed by atoms with Crippen molar-refractivity contribution >= 4 is 22.6 Å². The first-order valence-electron chi connectivity index (χ1n) is 6.40. The Labute approximate surface area is 110 Å². The van der Waals surface area contributed by atoms with Crippen LogP contribution in [0.15, 0.2) is 24.3 Å². The summed E-state index contributed by atoms with van der Waals surface area (Å²) < 4.78 is 0. The molecule has 0 bridgehead atoms. The number of benzene rings is 1. The molecule has 1 unspecified atom stereocenters. The SMILES string of the molecule is CC1CCN(c2c(C(=O)O)nnc3ccccc23)C1. The van der Waals surface area contributed by atoms with Gasteiger partial charge in [0.25, 0.3) is 0 Å². The molecule has 1 saturated heterocycles. The minimum absolute atomic E-state index is 0.0489. The number of aromatic nitrogens is 2. The predicted octanol–water partition coefficient (Wildman–Crippen LogP) is 2.17. The van der Waals surface area contributed by atoms with E-state index >= 15 is 0 Å². The van der Waals surface area contributed by atoms with Crippen LogP contribution in [0.25, 0.3) is 10.9 Å². The first-order chi connectivity index (χ1) is 9.16. The van der Waals surface area contributed by atoms with Crippen molar-refractivity contribution in [2.24, 2.45) is 5.92 Å². The fourth-order valence-electron chi connectivity index (χ4n) is 2.64. The maximum atomic E-state index is 11.4. The normalized spacial score (nSPS) is 19.0. The molecule has 0 spiro atoms. The van der Waals surface area contributed by atoms with Gasteiger partial charge < -0.3 is 10.0 Å². The fourth-order valence-corrected chi connectivity index (χ4v) is 2.64. The molecule has 0 saturated carbocycles. The van der Waals surface area contributed by atoms with Gasteiger partial charge >= 0.3 is 5.97 Å². The van der Waals surface area contributed by atoms with E-state index in [4.69, 9.17) is 0 Å². The molecule has 1 fully saturated rings. The van der Waals surface area contributed by atoms with E-state index in [1.54, 1.807) is 0 Å². The Morgan fingerprint density at radius 3 is 2.84 bits per heavy atom. The molecular formula is C14H15N3O2. The average Bonchev–Trinajstić information content (AvgIpc) is 2.83. The Balaban J connectivity index is 2.23. The van der Waals surface area contributed by atoms with Gasteiger partial charge in [0.1, 0.15) is 0 Å². The van der Waals surface area contributed by atoms with Gasteiger partial charge in [-0.25, -0.2) is 4.79 Å². The first-order valence-corrected chi connectivity index (χ1v) is 6.40. The Morgan fingerprint density at radius 2 is 2.16 bits per heavy atom. The molecule has 1 aromatic carbocycles. The van der Waals surface area contributed by atoms with E-state index in [2.05, 4.69) is 22.0 Å². The van der Waals surface area contributed by atoms with Crippen molar-refractivity contribution in [3.05, 3.63) is 30.0 Å². The van der Waals surface area contributed by atoms with Crippen LogP contribution in [0.1, 0.15) is 23.8 Å². The Bertz CT molecular complexity index is 642.